The van der Waals surface area contributed by atoms with Gasteiger partial charge in [0, 0.05) is 41.2 Å². The summed E-state index contributed by atoms with van der Waals surface area (Å²) in [6.45, 7) is 15.1. The van der Waals surface area contributed by atoms with E-state index in [1.54, 1.807) is 63.2 Å². The third-order valence-electron chi connectivity index (χ3n) is 12.7. The number of alkyl halides is 3. The molecule has 0 unspecified atom stereocenters. The van der Waals surface area contributed by atoms with Crippen LogP contribution in [0.1, 0.15) is 100 Å². The van der Waals surface area contributed by atoms with E-state index in [2.05, 4.69) is 20.9 Å². The third kappa shape index (κ3) is 12.3. The van der Waals surface area contributed by atoms with Crippen LogP contribution in [0.4, 0.5) is 13.2 Å². The van der Waals surface area contributed by atoms with Crippen LogP contribution in [0.3, 0.4) is 0 Å². The van der Waals surface area contributed by atoms with Gasteiger partial charge in [0.1, 0.15) is 30.3 Å². The minimum absolute atomic E-state index is 0.0166. The van der Waals surface area contributed by atoms with Crippen LogP contribution in [0.15, 0.2) is 77.5 Å². The first-order valence-electron chi connectivity index (χ1n) is 22.9. The fourth-order valence-corrected chi connectivity index (χ4v) is 9.33. The number of nitrogens with zero attached hydrogens (tertiary/aromatic N) is 3. The van der Waals surface area contributed by atoms with E-state index in [1.165, 1.54) is 12.5 Å². The van der Waals surface area contributed by atoms with Crippen molar-refractivity contribution in [2.75, 3.05) is 26.4 Å². The molecule has 0 radical (unpaired) electrons. The first-order chi connectivity index (χ1) is 32.4. The van der Waals surface area contributed by atoms with E-state index in [0.717, 1.165) is 28.3 Å². The number of rotatable bonds is 18. The standard InChI is InChI=1S/C51H61F3N6O9/c1-30-41(68-29-57-30)32-13-11-31(12-14-32)27-60(44(64)39-23-35(61)26-56-39)45(65)42(48(2,3)4)58-40(62)28-66-21-9-10-22-67-36-18-15-33(16-19-36)43(63)59-46-49(5,6)47(50(46,7)8)69-37-20-17-34(25-55)38(24-37)51(52,53)54/h11-20,24,29,35,39,42,46-47,56,61H,9-10,21-23,26-28H2,1-8H3,(H,58,62)(H,59,63)/t35-,39+,42-,46?,47?/m1/s1. The van der Waals surface area contributed by atoms with E-state index < -0.39 is 75.6 Å². The van der Waals surface area contributed by atoms with Gasteiger partial charge < -0.3 is 39.7 Å². The first kappa shape index (κ1) is 52.1. The monoisotopic (exact) mass is 958 g/mol. The number of oxazole rings is 1. The molecular weight excluding hydrogens is 898 g/mol. The Hall–Kier alpha value is -6.29. The average Bonchev–Trinajstić information content (AvgIpc) is 3.94. The van der Waals surface area contributed by atoms with Gasteiger partial charge in [0.2, 0.25) is 11.8 Å². The van der Waals surface area contributed by atoms with Crippen molar-refractivity contribution >= 4 is 23.6 Å². The van der Waals surface area contributed by atoms with E-state index >= 15 is 0 Å². The van der Waals surface area contributed by atoms with Gasteiger partial charge >= 0.3 is 6.18 Å². The van der Waals surface area contributed by atoms with Crippen molar-refractivity contribution in [1.29, 1.82) is 5.26 Å². The number of aromatic nitrogens is 1. The number of imide groups is 1. The summed E-state index contributed by atoms with van der Waals surface area (Å²) in [5.74, 6) is -0.826. The summed E-state index contributed by atoms with van der Waals surface area (Å²) in [7, 11) is 0. The molecule has 2 fully saturated rings. The predicted molar refractivity (Wildman–Crippen MR) is 247 cm³/mol. The maximum absolute atomic E-state index is 14.3. The minimum atomic E-state index is -4.72. The molecule has 2 heterocycles. The Bertz CT molecular complexity index is 2500. The molecule has 3 aromatic carbocycles. The summed E-state index contributed by atoms with van der Waals surface area (Å²) < 4.78 is 63.9. The lowest BCUT2D eigenvalue weighted by Gasteiger charge is -2.63. The number of nitrogens with one attached hydrogen (secondary N) is 3. The molecule has 18 heteroatoms. The van der Waals surface area contributed by atoms with Crippen LogP contribution < -0.4 is 25.4 Å². The van der Waals surface area contributed by atoms with Gasteiger partial charge in [-0.05, 0) is 79.6 Å². The van der Waals surface area contributed by atoms with Crippen molar-refractivity contribution in [1.82, 2.24) is 25.8 Å². The van der Waals surface area contributed by atoms with Crippen LogP contribution in [0.25, 0.3) is 11.3 Å². The number of hydrogen-bond donors (Lipinski definition) is 4. The predicted octanol–water partition coefficient (Wildman–Crippen LogP) is 7.14. The molecule has 4 amide bonds. The van der Waals surface area contributed by atoms with Gasteiger partial charge in [-0.3, -0.25) is 24.1 Å². The zero-order valence-electron chi connectivity index (χ0n) is 40.2. The topological polar surface area (TPSA) is 205 Å². The van der Waals surface area contributed by atoms with E-state index in [9.17, 15) is 37.5 Å². The highest BCUT2D eigenvalue weighted by atomic mass is 19.4. The molecule has 0 bridgehead atoms. The number of nitriles is 1. The third-order valence-corrected chi connectivity index (χ3v) is 12.7. The number of ether oxygens (including phenoxy) is 3. The number of aryl methyl sites for hydroxylation is 1. The molecule has 1 saturated carbocycles. The van der Waals surface area contributed by atoms with Crippen LogP contribution in [-0.4, -0.2) is 95.3 Å². The molecular formula is C51H61F3N6O9. The summed E-state index contributed by atoms with van der Waals surface area (Å²) in [5.41, 5.74) is -1.11. The Balaban J connectivity index is 0.947. The normalized spacial score (nSPS) is 19.9. The number of aliphatic hydroxyl groups excluding tert-OH is 1. The van der Waals surface area contributed by atoms with Crippen molar-refractivity contribution in [3.63, 3.8) is 0 Å². The molecule has 4 aromatic rings. The molecule has 69 heavy (non-hydrogen) atoms. The molecule has 1 saturated heterocycles. The Labute approximate surface area is 400 Å². The van der Waals surface area contributed by atoms with E-state index in [4.69, 9.17) is 23.9 Å². The summed E-state index contributed by atoms with van der Waals surface area (Å²) in [4.78, 5) is 60.0. The summed E-state index contributed by atoms with van der Waals surface area (Å²) in [5, 5.41) is 28.2. The molecule has 6 rings (SSSR count). The van der Waals surface area contributed by atoms with Crippen molar-refractivity contribution in [2.24, 2.45) is 16.2 Å². The number of carbonyl (C=O) groups excluding carboxylic acids is 4. The number of halogens is 3. The van der Waals surface area contributed by atoms with E-state index in [0.29, 0.717) is 42.1 Å². The lowest BCUT2D eigenvalue weighted by atomic mass is 9.49. The van der Waals surface area contributed by atoms with Crippen LogP contribution in [0, 0.1) is 34.5 Å². The average molecular weight is 959 g/mol. The Morgan fingerprint density at radius 3 is 2.20 bits per heavy atom. The molecule has 1 aliphatic heterocycles. The number of hydrogen-bond acceptors (Lipinski definition) is 12. The van der Waals surface area contributed by atoms with Gasteiger partial charge in [-0.25, -0.2) is 4.98 Å². The highest BCUT2D eigenvalue weighted by Gasteiger charge is 2.64. The second kappa shape index (κ2) is 21.1. The number of aliphatic hydroxyl groups is 1. The Morgan fingerprint density at radius 2 is 1.62 bits per heavy atom. The van der Waals surface area contributed by atoms with Crippen LogP contribution >= 0.6 is 0 Å². The Morgan fingerprint density at radius 1 is 0.971 bits per heavy atom. The number of amides is 4. The molecule has 1 aromatic heterocycles. The summed E-state index contributed by atoms with van der Waals surface area (Å²) in [6.07, 6.45) is -3.36. The largest absolute Gasteiger partial charge is 0.494 e. The van der Waals surface area contributed by atoms with Crippen LogP contribution in [-0.2, 0) is 31.8 Å². The van der Waals surface area contributed by atoms with Gasteiger partial charge in [-0.1, -0.05) is 72.7 Å². The molecule has 0 spiro atoms. The fraction of sp³-hybridized carbons (Fsp3) is 0.490. The van der Waals surface area contributed by atoms with Crippen molar-refractivity contribution in [3.05, 3.63) is 101 Å². The fourth-order valence-electron chi connectivity index (χ4n) is 9.33. The number of unbranched alkanes of at least 4 members (excludes halogenated alkanes) is 1. The maximum atomic E-state index is 14.3. The second-order valence-electron chi connectivity index (χ2n) is 19.9. The van der Waals surface area contributed by atoms with E-state index in [-0.39, 0.29) is 50.4 Å². The molecule has 15 nitrogen and oxygen atoms in total. The van der Waals surface area contributed by atoms with Gasteiger partial charge in [-0.2, -0.15) is 18.4 Å². The number of β-amino-alcohol motifs (C(OH)–C–C–N with tert-alkyl or cyclic N) is 1. The van der Waals surface area contributed by atoms with Crippen molar-refractivity contribution in [2.45, 2.75) is 118 Å². The van der Waals surface area contributed by atoms with Gasteiger partial charge in [0.15, 0.2) is 12.2 Å². The van der Waals surface area contributed by atoms with Crippen LogP contribution in [0.5, 0.6) is 11.5 Å². The first-order valence-corrected chi connectivity index (χ1v) is 22.9. The van der Waals surface area contributed by atoms with Gasteiger partial charge in [-0.15, -0.1) is 0 Å². The van der Waals surface area contributed by atoms with Crippen molar-refractivity contribution in [3.8, 4) is 28.9 Å². The zero-order chi connectivity index (χ0) is 50.5. The molecule has 4 N–H and O–H groups in total. The quantitative estimate of drug-likeness (QED) is 0.0735. The SMILES string of the molecule is Cc1ncoc1-c1ccc(CN(C(=O)[C@@H]2C[C@@H](O)CN2)C(=O)[C@@H](NC(=O)COCCCCOc2ccc(C(=O)NC3C(C)(C)C(Oc4ccc(C#N)c(C(F)(F)F)c4)C3(C)C)cc2)C(C)(C)C)cc1. The number of carbonyl (C=O) groups is 4. The maximum Gasteiger partial charge on any atom is 0.417 e. The smallest absolute Gasteiger partial charge is 0.417 e. The molecule has 370 valence electrons. The zero-order valence-corrected chi connectivity index (χ0v) is 40.2. The highest BCUT2D eigenvalue weighted by Crippen LogP contribution is 2.56. The molecule has 3 atom stereocenters. The van der Waals surface area contributed by atoms with Gasteiger partial charge in [0.25, 0.3) is 11.8 Å². The lowest BCUT2D eigenvalue weighted by molar-refractivity contribution is -0.164. The van der Waals surface area contributed by atoms with E-state index in [1.807, 2.05) is 46.8 Å². The summed E-state index contributed by atoms with van der Waals surface area (Å²) in [6, 6.07) is 16.4. The summed E-state index contributed by atoms with van der Waals surface area (Å²) >= 11 is 0. The second-order valence-corrected chi connectivity index (χ2v) is 19.9. The van der Waals surface area contributed by atoms with Crippen molar-refractivity contribution < 1.29 is 56.1 Å². The molecule has 2 aliphatic rings. The molecule has 1 aliphatic carbocycles. The van der Waals surface area contributed by atoms with Crippen LogP contribution in [0.2, 0.25) is 0 Å². The Kier molecular flexibility index (Phi) is 16.0. The van der Waals surface area contributed by atoms with Gasteiger partial charge in [0.05, 0.1) is 48.2 Å². The number of benzene rings is 3. The minimum Gasteiger partial charge on any atom is -0.494 e. The lowest BCUT2D eigenvalue weighted by Crippen LogP contribution is -2.74. The highest BCUT2D eigenvalue weighted by molar-refractivity contribution is 6.01.